The summed E-state index contributed by atoms with van der Waals surface area (Å²) in [5.74, 6) is -0.0595. The Balaban J connectivity index is 2.47. The molecule has 0 aromatic heterocycles. The lowest BCUT2D eigenvalue weighted by molar-refractivity contribution is -0.114. The Kier molecular flexibility index (Phi) is 4.55. The van der Waals surface area contributed by atoms with Crippen molar-refractivity contribution in [1.82, 2.24) is 0 Å². The smallest absolute Gasteiger partial charge is 0.294 e. The van der Waals surface area contributed by atoms with Crippen molar-refractivity contribution in [3.05, 3.63) is 59.7 Å². The Hall–Kier alpha value is -1.98. The van der Waals surface area contributed by atoms with E-state index in [4.69, 9.17) is 0 Å². The van der Waals surface area contributed by atoms with Crippen molar-refractivity contribution >= 4 is 26.9 Å². The molecule has 1 aliphatic carbocycles. The molecular formula is C16H16O4S. The van der Waals surface area contributed by atoms with Crippen LogP contribution in [0.15, 0.2) is 43.0 Å². The van der Waals surface area contributed by atoms with E-state index in [0.29, 0.717) is 24.8 Å². The second kappa shape index (κ2) is 6.20. The topological polar surface area (TPSA) is 71.4 Å². The van der Waals surface area contributed by atoms with E-state index < -0.39 is 10.1 Å². The van der Waals surface area contributed by atoms with Gasteiger partial charge in [-0.1, -0.05) is 43.0 Å². The van der Waals surface area contributed by atoms with Gasteiger partial charge in [0.25, 0.3) is 10.1 Å². The summed E-state index contributed by atoms with van der Waals surface area (Å²) < 4.78 is 32.4. The third kappa shape index (κ3) is 3.56. The van der Waals surface area contributed by atoms with E-state index in [-0.39, 0.29) is 10.7 Å². The normalized spacial score (nSPS) is 14.0. The van der Waals surface area contributed by atoms with Gasteiger partial charge in [-0.05, 0) is 30.0 Å². The molecule has 0 aliphatic heterocycles. The lowest BCUT2D eigenvalue weighted by Gasteiger charge is -2.12. The highest BCUT2D eigenvalue weighted by atomic mass is 32.2. The lowest BCUT2D eigenvalue weighted by atomic mass is 9.96. The van der Waals surface area contributed by atoms with E-state index >= 15 is 0 Å². The summed E-state index contributed by atoms with van der Waals surface area (Å²) in [5, 5.41) is 0. The molecule has 1 aliphatic rings. The number of ketones is 1. The zero-order chi connectivity index (χ0) is 15.5. The van der Waals surface area contributed by atoms with Gasteiger partial charge in [-0.2, -0.15) is 8.42 Å². The van der Waals surface area contributed by atoms with Crippen LogP contribution in [0, 0.1) is 0 Å². The number of carbonyl (C=O) groups excluding carboxylic acids is 1. The average molecular weight is 304 g/mol. The maximum Gasteiger partial charge on any atom is 0.294 e. The number of fused-ring (bicyclic) bond motifs is 1. The van der Waals surface area contributed by atoms with Crippen LogP contribution in [-0.2, 0) is 21.3 Å². The third-order valence-electron chi connectivity index (χ3n) is 3.33. The molecule has 0 saturated carbocycles. The minimum Gasteiger partial charge on any atom is -0.295 e. The van der Waals surface area contributed by atoms with Gasteiger partial charge in [0, 0.05) is 12.0 Å². The predicted octanol–water partition coefficient (Wildman–Crippen LogP) is 3.02. The summed E-state index contributed by atoms with van der Waals surface area (Å²) in [4.78, 5) is 11.3. The fourth-order valence-corrected chi connectivity index (χ4v) is 3.08. The highest BCUT2D eigenvalue weighted by Crippen LogP contribution is 2.30. The second-order valence-electron chi connectivity index (χ2n) is 4.73. The van der Waals surface area contributed by atoms with E-state index in [1.165, 1.54) is 12.2 Å². The third-order valence-corrected chi connectivity index (χ3v) is 4.27. The van der Waals surface area contributed by atoms with Crippen molar-refractivity contribution in [2.24, 2.45) is 0 Å². The van der Waals surface area contributed by atoms with E-state index in [9.17, 15) is 17.8 Å². The van der Waals surface area contributed by atoms with Gasteiger partial charge in [-0.15, -0.1) is 0 Å². The number of aryl methyl sites for hydroxylation is 1. The number of benzene rings is 1. The molecule has 4 nitrogen and oxygen atoms in total. The minimum atomic E-state index is -4.28. The molecule has 5 heteroatoms. The molecule has 1 aromatic carbocycles. The molecule has 0 unspecified atom stereocenters. The average Bonchev–Trinajstić information content (AvgIpc) is 2.66. The molecule has 1 N–H and O–H groups in total. The molecule has 110 valence electrons. The molecule has 21 heavy (non-hydrogen) atoms. The van der Waals surface area contributed by atoms with E-state index in [2.05, 4.69) is 6.58 Å². The van der Waals surface area contributed by atoms with Gasteiger partial charge < -0.3 is 0 Å². The van der Waals surface area contributed by atoms with Gasteiger partial charge in [0.05, 0.1) is 4.91 Å². The monoisotopic (exact) mass is 304 g/mol. The first-order valence-corrected chi connectivity index (χ1v) is 7.99. The first-order valence-electron chi connectivity index (χ1n) is 6.55. The summed E-state index contributed by atoms with van der Waals surface area (Å²) in [5.41, 5.74) is 2.07. The van der Waals surface area contributed by atoms with Gasteiger partial charge >= 0.3 is 0 Å². The van der Waals surface area contributed by atoms with Crippen molar-refractivity contribution in [2.45, 2.75) is 19.3 Å². The van der Waals surface area contributed by atoms with Crippen molar-refractivity contribution < 1.29 is 17.8 Å². The minimum absolute atomic E-state index is 0.0595. The summed E-state index contributed by atoms with van der Waals surface area (Å²) in [7, 11) is -4.28. The van der Waals surface area contributed by atoms with Crippen molar-refractivity contribution in [3.63, 3.8) is 0 Å². The van der Waals surface area contributed by atoms with Crippen LogP contribution in [0.4, 0.5) is 0 Å². The Morgan fingerprint density at radius 3 is 2.81 bits per heavy atom. The standard InChI is InChI=1S/C16H16O4S/c1-2-13(17)11-10-12-6-5-8-15-14(12)7-3-4-9-16(15)21(18,19)20/h2-3,5-9H,1,4,10-11H2,(H,18,19,20). The first-order chi connectivity index (χ1) is 9.93. The van der Waals surface area contributed by atoms with E-state index in [1.54, 1.807) is 12.1 Å². The zero-order valence-corrected chi connectivity index (χ0v) is 12.3. The summed E-state index contributed by atoms with van der Waals surface area (Å²) in [6.07, 6.45) is 7.66. The Morgan fingerprint density at radius 2 is 2.14 bits per heavy atom. The highest BCUT2D eigenvalue weighted by Gasteiger charge is 2.21. The maximum atomic E-state index is 11.5. The molecule has 0 amide bonds. The Bertz CT molecular complexity index is 740. The predicted molar refractivity (Wildman–Crippen MR) is 83.1 cm³/mol. The number of hydrogen-bond donors (Lipinski definition) is 1. The van der Waals surface area contributed by atoms with Gasteiger partial charge in [0.1, 0.15) is 0 Å². The highest BCUT2D eigenvalue weighted by molar-refractivity contribution is 7.95. The van der Waals surface area contributed by atoms with Gasteiger partial charge in [0.2, 0.25) is 0 Å². The number of carbonyl (C=O) groups is 1. The van der Waals surface area contributed by atoms with Crippen LogP contribution < -0.4 is 0 Å². The van der Waals surface area contributed by atoms with Crippen LogP contribution in [0.25, 0.3) is 11.0 Å². The quantitative estimate of drug-likeness (QED) is 0.670. The van der Waals surface area contributed by atoms with Crippen LogP contribution >= 0.6 is 0 Å². The molecular weight excluding hydrogens is 288 g/mol. The molecule has 0 radical (unpaired) electrons. The fraction of sp³-hybridized carbons (Fsp3) is 0.188. The molecule has 2 rings (SSSR count). The molecule has 0 fully saturated rings. The molecule has 0 spiro atoms. The second-order valence-corrected chi connectivity index (χ2v) is 6.12. The van der Waals surface area contributed by atoms with Crippen LogP contribution in [0.2, 0.25) is 0 Å². The maximum absolute atomic E-state index is 11.5. The largest absolute Gasteiger partial charge is 0.295 e. The number of rotatable bonds is 5. The van der Waals surface area contributed by atoms with Crippen LogP contribution in [0.1, 0.15) is 29.5 Å². The van der Waals surface area contributed by atoms with Gasteiger partial charge in [-0.25, -0.2) is 0 Å². The Labute approximate surface area is 124 Å². The molecule has 0 saturated heterocycles. The zero-order valence-electron chi connectivity index (χ0n) is 11.5. The van der Waals surface area contributed by atoms with Gasteiger partial charge in [-0.3, -0.25) is 9.35 Å². The van der Waals surface area contributed by atoms with E-state index in [0.717, 1.165) is 11.1 Å². The van der Waals surface area contributed by atoms with Crippen molar-refractivity contribution in [3.8, 4) is 0 Å². The fourth-order valence-electron chi connectivity index (χ4n) is 2.32. The van der Waals surface area contributed by atoms with Crippen LogP contribution in [0.5, 0.6) is 0 Å². The molecule has 1 aromatic rings. The Morgan fingerprint density at radius 1 is 1.38 bits per heavy atom. The lowest BCUT2D eigenvalue weighted by Crippen LogP contribution is -2.05. The molecule has 0 bridgehead atoms. The SMILES string of the molecule is C=CC(=O)CCc1cccc2c1C=CCC=C2S(=O)(=O)O. The summed E-state index contributed by atoms with van der Waals surface area (Å²) in [6.45, 7) is 3.43. The van der Waals surface area contributed by atoms with E-state index in [1.807, 2.05) is 18.2 Å². The molecule has 0 atom stereocenters. The van der Waals surface area contributed by atoms with Crippen molar-refractivity contribution in [1.29, 1.82) is 0 Å². The van der Waals surface area contributed by atoms with Gasteiger partial charge in [0.15, 0.2) is 5.78 Å². The first kappa shape index (κ1) is 15.4. The number of hydrogen-bond acceptors (Lipinski definition) is 3. The van der Waals surface area contributed by atoms with Crippen LogP contribution in [0.3, 0.4) is 0 Å². The summed E-state index contributed by atoms with van der Waals surface area (Å²) in [6, 6.07) is 5.24. The molecule has 0 heterocycles. The van der Waals surface area contributed by atoms with Crippen molar-refractivity contribution in [2.75, 3.05) is 0 Å². The van der Waals surface area contributed by atoms with Crippen LogP contribution in [-0.4, -0.2) is 18.8 Å². The number of allylic oxidation sites excluding steroid dienone is 3. The summed E-state index contributed by atoms with van der Waals surface area (Å²) >= 11 is 0.